The molecule has 0 aliphatic rings. The summed E-state index contributed by atoms with van der Waals surface area (Å²) in [6, 6.07) is 12.8. The number of hydrogen-bond donors (Lipinski definition) is 1. The lowest BCUT2D eigenvalue weighted by Gasteiger charge is -2.19. The van der Waals surface area contributed by atoms with Crippen molar-refractivity contribution in [2.24, 2.45) is 0 Å². The Morgan fingerprint density at radius 3 is 2.26 bits per heavy atom. The van der Waals surface area contributed by atoms with Crippen LogP contribution in [0.2, 0.25) is 0 Å². The van der Waals surface area contributed by atoms with Gasteiger partial charge in [-0.25, -0.2) is 0 Å². The monoisotopic (exact) mass is 430 g/mol. The zero-order chi connectivity index (χ0) is 22.6. The summed E-state index contributed by atoms with van der Waals surface area (Å²) in [7, 11) is 3.21. The van der Waals surface area contributed by atoms with Crippen LogP contribution in [0.4, 0.5) is 0 Å². The van der Waals surface area contributed by atoms with Crippen molar-refractivity contribution in [3.63, 3.8) is 0 Å². The first-order chi connectivity index (χ1) is 15.0. The van der Waals surface area contributed by atoms with Crippen molar-refractivity contribution in [3.8, 4) is 23.0 Å². The molecule has 0 heterocycles. The van der Waals surface area contributed by atoms with E-state index in [1.165, 1.54) is 0 Å². The van der Waals surface area contributed by atoms with Crippen LogP contribution in [0.3, 0.4) is 0 Å². The fourth-order valence-corrected chi connectivity index (χ4v) is 3.01. The molecule has 2 aromatic carbocycles. The summed E-state index contributed by atoms with van der Waals surface area (Å²) in [5, 5.41) is 2.89. The zero-order valence-corrected chi connectivity index (χ0v) is 19.1. The summed E-state index contributed by atoms with van der Waals surface area (Å²) < 4.78 is 22.2. The molecule has 31 heavy (non-hydrogen) atoms. The van der Waals surface area contributed by atoms with Crippen LogP contribution in [0, 0.1) is 0 Å². The summed E-state index contributed by atoms with van der Waals surface area (Å²) >= 11 is 0. The van der Waals surface area contributed by atoms with Gasteiger partial charge in [0.1, 0.15) is 18.1 Å². The Labute approximate surface area is 185 Å². The average molecular weight is 431 g/mol. The second-order valence-corrected chi connectivity index (χ2v) is 7.01. The summed E-state index contributed by atoms with van der Waals surface area (Å²) in [6.45, 7) is 9.80. The molecule has 1 unspecified atom stereocenters. The Morgan fingerprint density at radius 2 is 1.65 bits per heavy atom. The van der Waals surface area contributed by atoms with E-state index in [1.807, 2.05) is 18.2 Å². The van der Waals surface area contributed by atoms with Gasteiger partial charge in [-0.05, 0) is 62.0 Å². The molecule has 0 spiro atoms. The molecular formula is C24H34N2O5. The number of methoxy groups -OCH3 is 2. The maximum atomic E-state index is 12.4. The number of likely N-dealkylation sites (N-methyl/N-ethyl adjacent to an activating group) is 1. The van der Waals surface area contributed by atoms with Crippen molar-refractivity contribution < 1.29 is 23.7 Å². The minimum absolute atomic E-state index is 0.200. The average Bonchev–Trinajstić information content (AvgIpc) is 2.81. The third-order valence-corrected chi connectivity index (χ3v) is 5.00. The van der Waals surface area contributed by atoms with Crippen LogP contribution in [-0.4, -0.2) is 57.4 Å². The van der Waals surface area contributed by atoms with Crippen molar-refractivity contribution in [2.45, 2.75) is 33.4 Å². The fourth-order valence-electron chi connectivity index (χ4n) is 3.01. The van der Waals surface area contributed by atoms with E-state index < -0.39 is 6.10 Å². The highest BCUT2D eigenvalue weighted by Crippen LogP contribution is 2.28. The molecule has 7 heteroatoms. The van der Waals surface area contributed by atoms with E-state index in [4.69, 9.17) is 18.9 Å². The standard InChI is InChI=1S/C24H34N2O5/c1-6-26(7-2)14-15-30-22-13-8-19(16-23(22)29-5)17-25-24(27)18(3)31-21-11-9-20(28-4)10-12-21/h8-13,16,18H,6-7,14-15,17H2,1-5H3,(H,25,27). The van der Waals surface area contributed by atoms with Gasteiger partial charge in [0.2, 0.25) is 0 Å². The number of carbonyl (C=O) groups excluding carboxylic acids is 1. The van der Waals surface area contributed by atoms with Crippen LogP contribution in [0.15, 0.2) is 42.5 Å². The lowest BCUT2D eigenvalue weighted by molar-refractivity contribution is -0.127. The quantitative estimate of drug-likeness (QED) is 0.525. The Balaban J connectivity index is 1.86. The molecule has 1 atom stereocenters. The first-order valence-electron chi connectivity index (χ1n) is 10.6. The number of nitrogens with one attached hydrogen (secondary N) is 1. The summed E-state index contributed by atoms with van der Waals surface area (Å²) in [4.78, 5) is 14.7. The second kappa shape index (κ2) is 12.7. The summed E-state index contributed by atoms with van der Waals surface area (Å²) in [5.41, 5.74) is 0.915. The number of carbonyl (C=O) groups is 1. The van der Waals surface area contributed by atoms with E-state index in [0.717, 1.165) is 30.9 Å². The zero-order valence-electron chi connectivity index (χ0n) is 19.1. The molecule has 170 valence electrons. The van der Waals surface area contributed by atoms with Gasteiger partial charge in [0, 0.05) is 13.1 Å². The maximum absolute atomic E-state index is 12.4. The van der Waals surface area contributed by atoms with E-state index >= 15 is 0 Å². The largest absolute Gasteiger partial charge is 0.497 e. The van der Waals surface area contributed by atoms with Gasteiger partial charge in [-0.15, -0.1) is 0 Å². The number of ether oxygens (including phenoxy) is 4. The third kappa shape index (κ3) is 7.68. The normalized spacial score (nSPS) is 11.7. The third-order valence-electron chi connectivity index (χ3n) is 5.00. The molecule has 1 amide bonds. The SMILES string of the molecule is CCN(CC)CCOc1ccc(CNC(=O)C(C)Oc2ccc(OC)cc2)cc1OC. The van der Waals surface area contributed by atoms with E-state index in [1.54, 1.807) is 45.4 Å². The van der Waals surface area contributed by atoms with Crippen molar-refractivity contribution in [3.05, 3.63) is 48.0 Å². The van der Waals surface area contributed by atoms with Crippen molar-refractivity contribution in [1.82, 2.24) is 10.2 Å². The van der Waals surface area contributed by atoms with Crippen LogP contribution < -0.4 is 24.3 Å². The molecule has 0 saturated heterocycles. The minimum atomic E-state index is -0.627. The Hall–Kier alpha value is -2.93. The van der Waals surface area contributed by atoms with Crippen LogP contribution >= 0.6 is 0 Å². The molecule has 0 saturated carbocycles. The van der Waals surface area contributed by atoms with Crippen molar-refractivity contribution >= 4 is 5.91 Å². The lowest BCUT2D eigenvalue weighted by atomic mass is 10.2. The molecule has 0 aliphatic carbocycles. The molecule has 1 N–H and O–H groups in total. The van der Waals surface area contributed by atoms with Crippen molar-refractivity contribution in [1.29, 1.82) is 0 Å². The highest BCUT2D eigenvalue weighted by Gasteiger charge is 2.15. The van der Waals surface area contributed by atoms with E-state index in [2.05, 4.69) is 24.1 Å². The first-order valence-corrected chi connectivity index (χ1v) is 10.6. The van der Waals surface area contributed by atoms with Crippen LogP contribution in [0.5, 0.6) is 23.0 Å². The van der Waals surface area contributed by atoms with Gasteiger partial charge in [-0.3, -0.25) is 4.79 Å². The van der Waals surface area contributed by atoms with Gasteiger partial charge >= 0.3 is 0 Å². The van der Waals surface area contributed by atoms with Crippen LogP contribution in [0.25, 0.3) is 0 Å². The Bertz CT molecular complexity index is 806. The Morgan fingerprint density at radius 1 is 0.968 bits per heavy atom. The minimum Gasteiger partial charge on any atom is -0.497 e. The topological polar surface area (TPSA) is 69.3 Å². The highest BCUT2D eigenvalue weighted by atomic mass is 16.5. The van der Waals surface area contributed by atoms with Crippen molar-refractivity contribution in [2.75, 3.05) is 40.5 Å². The number of benzene rings is 2. The summed E-state index contributed by atoms with van der Waals surface area (Å²) in [6.07, 6.45) is -0.627. The first kappa shape index (κ1) is 24.3. The van der Waals surface area contributed by atoms with Gasteiger partial charge in [0.05, 0.1) is 14.2 Å². The highest BCUT2D eigenvalue weighted by molar-refractivity contribution is 5.80. The molecular weight excluding hydrogens is 396 g/mol. The van der Waals surface area contributed by atoms with Gasteiger partial charge in [0.15, 0.2) is 17.6 Å². The summed E-state index contributed by atoms with van der Waals surface area (Å²) in [5.74, 6) is 2.49. The van der Waals surface area contributed by atoms with Gasteiger partial charge in [-0.2, -0.15) is 0 Å². The number of amides is 1. The van der Waals surface area contributed by atoms with Gasteiger partial charge in [0.25, 0.3) is 5.91 Å². The van der Waals surface area contributed by atoms with E-state index in [-0.39, 0.29) is 5.91 Å². The smallest absolute Gasteiger partial charge is 0.261 e. The predicted octanol–water partition coefficient (Wildman–Crippen LogP) is 3.51. The molecule has 2 aromatic rings. The molecule has 0 aliphatic heterocycles. The number of hydrogen-bond acceptors (Lipinski definition) is 6. The van der Waals surface area contributed by atoms with Gasteiger partial charge in [-0.1, -0.05) is 19.9 Å². The molecule has 0 bridgehead atoms. The predicted molar refractivity (Wildman–Crippen MR) is 121 cm³/mol. The van der Waals surface area contributed by atoms with E-state index in [9.17, 15) is 4.79 Å². The second-order valence-electron chi connectivity index (χ2n) is 7.01. The molecule has 7 nitrogen and oxygen atoms in total. The molecule has 0 aromatic heterocycles. The molecule has 2 rings (SSSR count). The lowest BCUT2D eigenvalue weighted by Crippen LogP contribution is -2.35. The maximum Gasteiger partial charge on any atom is 0.261 e. The fraction of sp³-hybridized carbons (Fsp3) is 0.458. The number of nitrogens with zero attached hydrogens (tertiary/aromatic N) is 1. The molecule has 0 fully saturated rings. The number of rotatable bonds is 13. The van der Waals surface area contributed by atoms with Crippen LogP contribution in [-0.2, 0) is 11.3 Å². The Kier molecular flexibility index (Phi) is 9.97. The molecule has 0 radical (unpaired) electrons. The van der Waals surface area contributed by atoms with Gasteiger partial charge < -0.3 is 29.2 Å². The van der Waals surface area contributed by atoms with Crippen LogP contribution in [0.1, 0.15) is 26.3 Å². The van der Waals surface area contributed by atoms with E-state index in [0.29, 0.717) is 30.4 Å².